The Bertz CT molecular complexity index is 617. The lowest BCUT2D eigenvalue weighted by atomic mass is 10.2. The second-order valence-electron chi connectivity index (χ2n) is 3.69. The van der Waals surface area contributed by atoms with E-state index in [1.807, 2.05) is 0 Å². The van der Waals surface area contributed by atoms with E-state index in [9.17, 15) is 13.6 Å². The highest BCUT2D eigenvalue weighted by Gasteiger charge is 2.09. The maximum absolute atomic E-state index is 13.3. The molecule has 0 unspecified atom stereocenters. The van der Waals surface area contributed by atoms with Gasteiger partial charge in [0.15, 0.2) is 11.6 Å². The average Bonchev–Trinajstić information content (AvgIpc) is 2.41. The van der Waals surface area contributed by atoms with Gasteiger partial charge in [-0.3, -0.25) is 0 Å². The van der Waals surface area contributed by atoms with Gasteiger partial charge >= 0.3 is 5.97 Å². The number of halogens is 2. The van der Waals surface area contributed by atoms with Crippen LogP contribution in [0.15, 0.2) is 36.5 Å². The Labute approximate surface area is 107 Å². The number of nitrogens with zero attached hydrogens (tertiary/aromatic N) is 1. The van der Waals surface area contributed by atoms with E-state index in [1.54, 1.807) is 0 Å². The molecule has 0 radical (unpaired) electrons. The topological polar surface area (TPSA) is 59.4 Å². The third-order valence-electron chi connectivity index (χ3n) is 2.39. The van der Waals surface area contributed by atoms with E-state index >= 15 is 0 Å². The minimum absolute atomic E-state index is 0.00436. The van der Waals surface area contributed by atoms with Gasteiger partial charge in [0, 0.05) is 17.8 Å². The van der Waals surface area contributed by atoms with Crippen LogP contribution in [0.25, 0.3) is 0 Å². The molecule has 4 nitrogen and oxygen atoms in total. The predicted molar refractivity (Wildman–Crippen MR) is 61.9 cm³/mol. The molecular weight excluding hydrogens is 256 g/mol. The van der Waals surface area contributed by atoms with Crippen LogP contribution >= 0.6 is 0 Å². The van der Waals surface area contributed by atoms with Gasteiger partial charge in [-0.05, 0) is 12.1 Å². The molecule has 19 heavy (non-hydrogen) atoms. The third-order valence-corrected chi connectivity index (χ3v) is 2.39. The van der Waals surface area contributed by atoms with Crippen molar-refractivity contribution in [2.75, 3.05) is 0 Å². The molecule has 0 spiro atoms. The molecule has 1 aromatic heterocycles. The Morgan fingerprint density at radius 3 is 2.84 bits per heavy atom. The fourth-order valence-electron chi connectivity index (χ4n) is 1.43. The summed E-state index contributed by atoms with van der Waals surface area (Å²) < 4.78 is 31.4. The standard InChI is InChI=1S/C13H9F2NO3/c14-10-3-1-2-9(12(10)15)7-19-11-6-8(13(17)18)4-5-16-11/h1-6H,7H2,(H,17,18). The quantitative estimate of drug-likeness (QED) is 0.923. The van der Waals surface area contributed by atoms with Crippen LogP contribution in [0, 0.1) is 11.6 Å². The number of pyridine rings is 1. The minimum Gasteiger partial charge on any atom is -0.478 e. The lowest BCUT2D eigenvalue weighted by molar-refractivity contribution is 0.0696. The normalized spacial score (nSPS) is 10.2. The third kappa shape index (κ3) is 3.04. The van der Waals surface area contributed by atoms with E-state index in [0.717, 1.165) is 6.07 Å². The van der Waals surface area contributed by atoms with Gasteiger partial charge in [-0.1, -0.05) is 12.1 Å². The number of carboxylic acids is 1. The molecule has 2 aromatic rings. The fourth-order valence-corrected chi connectivity index (χ4v) is 1.43. The van der Waals surface area contributed by atoms with Gasteiger partial charge in [-0.2, -0.15) is 0 Å². The molecule has 0 saturated carbocycles. The highest BCUT2D eigenvalue weighted by Crippen LogP contribution is 2.15. The summed E-state index contributed by atoms with van der Waals surface area (Å²) in [6.45, 7) is -0.236. The second-order valence-corrected chi connectivity index (χ2v) is 3.69. The van der Waals surface area contributed by atoms with Gasteiger partial charge in [0.25, 0.3) is 0 Å². The van der Waals surface area contributed by atoms with Gasteiger partial charge in [0.1, 0.15) is 6.61 Å². The van der Waals surface area contributed by atoms with E-state index in [4.69, 9.17) is 9.84 Å². The number of carboxylic acid groups (broad SMARTS) is 1. The first kappa shape index (κ1) is 12.9. The van der Waals surface area contributed by atoms with Crippen LogP contribution in [0.4, 0.5) is 8.78 Å². The van der Waals surface area contributed by atoms with Gasteiger partial charge in [0.2, 0.25) is 5.88 Å². The van der Waals surface area contributed by atoms with Gasteiger partial charge in [-0.15, -0.1) is 0 Å². The highest BCUT2D eigenvalue weighted by molar-refractivity contribution is 5.87. The Morgan fingerprint density at radius 1 is 1.32 bits per heavy atom. The first-order valence-corrected chi connectivity index (χ1v) is 5.33. The Balaban J connectivity index is 2.12. The molecule has 0 atom stereocenters. The maximum atomic E-state index is 13.3. The summed E-state index contributed by atoms with van der Waals surface area (Å²) in [4.78, 5) is 14.5. The SMILES string of the molecule is O=C(O)c1ccnc(OCc2cccc(F)c2F)c1. The van der Waals surface area contributed by atoms with Crippen LogP contribution in [0.2, 0.25) is 0 Å². The molecule has 0 aliphatic rings. The molecule has 98 valence electrons. The average molecular weight is 265 g/mol. The molecule has 1 N–H and O–H groups in total. The Morgan fingerprint density at radius 2 is 2.11 bits per heavy atom. The first-order valence-electron chi connectivity index (χ1n) is 5.33. The molecule has 0 amide bonds. The number of carbonyl (C=O) groups is 1. The Hall–Kier alpha value is -2.50. The predicted octanol–water partition coefficient (Wildman–Crippen LogP) is 2.64. The summed E-state index contributed by atoms with van der Waals surface area (Å²) in [7, 11) is 0. The molecule has 0 bridgehead atoms. The smallest absolute Gasteiger partial charge is 0.335 e. The number of aromatic nitrogens is 1. The van der Waals surface area contributed by atoms with Crippen LogP contribution in [0.3, 0.4) is 0 Å². The van der Waals surface area contributed by atoms with E-state index in [1.165, 1.54) is 30.5 Å². The number of rotatable bonds is 4. The lowest BCUT2D eigenvalue weighted by Gasteiger charge is -2.07. The lowest BCUT2D eigenvalue weighted by Crippen LogP contribution is -2.03. The number of ether oxygens (including phenoxy) is 1. The monoisotopic (exact) mass is 265 g/mol. The summed E-state index contributed by atoms with van der Waals surface area (Å²) in [5, 5.41) is 8.78. The van der Waals surface area contributed by atoms with Gasteiger partial charge in [-0.25, -0.2) is 18.6 Å². The van der Waals surface area contributed by atoms with Crippen molar-refractivity contribution < 1.29 is 23.4 Å². The van der Waals surface area contributed by atoms with Crippen molar-refractivity contribution in [3.8, 4) is 5.88 Å². The molecule has 2 rings (SSSR count). The highest BCUT2D eigenvalue weighted by atomic mass is 19.2. The largest absolute Gasteiger partial charge is 0.478 e. The molecule has 0 aliphatic heterocycles. The van der Waals surface area contributed by atoms with Crippen molar-refractivity contribution in [1.29, 1.82) is 0 Å². The molecular formula is C13H9F2NO3. The van der Waals surface area contributed by atoms with Crippen molar-refractivity contribution in [3.63, 3.8) is 0 Å². The zero-order valence-electron chi connectivity index (χ0n) is 9.64. The van der Waals surface area contributed by atoms with Crippen molar-refractivity contribution in [3.05, 3.63) is 59.3 Å². The zero-order valence-corrected chi connectivity index (χ0v) is 9.64. The van der Waals surface area contributed by atoms with E-state index in [0.29, 0.717) is 0 Å². The molecule has 0 fully saturated rings. The molecule has 6 heteroatoms. The van der Waals surface area contributed by atoms with Crippen LogP contribution in [-0.2, 0) is 6.61 Å². The zero-order chi connectivity index (χ0) is 13.8. The minimum atomic E-state index is -1.12. The summed E-state index contributed by atoms with van der Waals surface area (Å²) in [6, 6.07) is 6.25. The summed E-state index contributed by atoms with van der Waals surface area (Å²) in [5.74, 6) is -3.04. The summed E-state index contributed by atoms with van der Waals surface area (Å²) >= 11 is 0. The first-order chi connectivity index (χ1) is 9.08. The second kappa shape index (κ2) is 5.43. The fraction of sp³-hybridized carbons (Fsp3) is 0.0769. The molecule has 0 saturated heterocycles. The molecule has 1 aromatic carbocycles. The van der Waals surface area contributed by atoms with Crippen LogP contribution in [0.5, 0.6) is 5.88 Å². The molecule has 0 aliphatic carbocycles. The Kier molecular flexibility index (Phi) is 3.70. The van der Waals surface area contributed by atoms with E-state index < -0.39 is 17.6 Å². The maximum Gasteiger partial charge on any atom is 0.335 e. The van der Waals surface area contributed by atoms with Crippen molar-refractivity contribution in [2.45, 2.75) is 6.61 Å². The number of aromatic carboxylic acids is 1. The van der Waals surface area contributed by atoms with Crippen LogP contribution in [-0.4, -0.2) is 16.1 Å². The van der Waals surface area contributed by atoms with Gasteiger partial charge < -0.3 is 9.84 Å². The van der Waals surface area contributed by atoms with Crippen molar-refractivity contribution in [2.24, 2.45) is 0 Å². The van der Waals surface area contributed by atoms with E-state index in [2.05, 4.69) is 4.98 Å². The molecule has 1 heterocycles. The van der Waals surface area contributed by atoms with Crippen molar-refractivity contribution >= 4 is 5.97 Å². The number of hydrogen-bond donors (Lipinski definition) is 1. The summed E-state index contributed by atoms with van der Waals surface area (Å²) in [5.41, 5.74) is 0.0345. The van der Waals surface area contributed by atoms with Crippen LogP contribution in [0.1, 0.15) is 15.9 Å². The van der Waals surface area contributed by atoms with Crippen LogP contribution < -0.4 is 4.74 Å². The number of benzene rings is 1. The summed E-state index contributed by atoms with van der Waals surface area (Å²) in [6.07, 6.45) is 1.26. The van der Waals surface area contributed by atoms with Gasteiger partial charge in [0.05, 0.1) is 5.56 Å². The van der Waals surface area contributed by atoms with E-state index in [-0.39, 0.29) is 23.6 Å². The number of hydrogen-bond acceptors (Lipinski definition) is 3. The van der Waals surface area contributed by atoms with Crippen molar-refractivity contribution in [1.82, 2.24) is 4.98 Å².